The molecule has 0 N–H and O–H groups in total. The summed E-state index contributed by atoms with van der Waals surface area (Å²) in [5.41, 5.74) is 2.16. The molecule has 0 saturated heterocycles. The lowest BCUT2D eigenvalue weighted by Gasteiger charge is -2.00. The first-order chi connectivity index (χ1) is 5.86. The number of ether oxygens (including phenoxy) is 1. The zero-order chi connectivity index (χ0) is 8.81. The molecular formula is C9H12BrNO. The molecule has 0 aliphatic heterocycles. The molecule has 12 heavy (non-hydrogen) atoms. The van der Waals surface area contributed by atoms with Crippen LogP contribution < -0.4 is 0 Å². The highest BCUT2D eigenvalue weighted by Gasteiger charge is 1.95. The molecule has 1 rings (SSSR count). The lowest BCUT2D eigenvalue weighted by molar-refractivity contribution is 0.201. The quantitative estimate of drug-likeness (QED) is 0.739. The predicted molar refractivity (Wildman–Crippen MR) is 52.4 cm³/mol. The van der Waals surface area contributed by atoms with E-state index in [1.54, 1.807) is 7.11 Å². The molecule has 3 heteroatoms. The predicted octanol–water partition coefficient (Wildman–Crippen LogP) is 2.17. The van der Waals surface area contributed by atoms with Crippen LogP contribution in [0.4, 0.5) is 0 Å². The summed E-state index contributed by atoms with van der Waals surface area (Å²) in [5, 5.41) is 0.813. The molecule has 1 aromatic rings. The molecule has 0 saturated carbocycles. The molecule has 0 aromatic carbocycles. The van der Waals surface area contributed by atoms with Crippen LogP contribution >= 0.6 is 15.9 Å². The Balaban J connectivity index is 2.60. The minimum Gasteiger partial charge on any atom is -0.384 e. The summed E-state index contributed by atoms with van der Waals surface area (Å²) in [6.45, 7) is 0.735. The van der Waals surface area contributed by atoms with E-state index < -0.39 is 0 Å². The maximum atomic E-state index is 4.97. The minimum absolute atomic E-state index is 0.735. The molecule has 0 aliphatic rings. The van der Waals surface area contributed by atoms with E-state index >= 15 is 0 Å². The summed E-state index contributed by atoms with van der Waals surface area (Å²) in [6, 6.07) is 6.05. The van der Waals surface area contributed by atoms with Crippen LogP contribution in [0, 0.1) is 0 Å². The van der Waals surface area contributed by atoms with Crippen molar-refractivity contribution in [3.8, 4) is 0 Å². The van der Waals surface area contributed by atoms with Gasteiger partial charge in [0, 0.05) is 24.6 Å². The Labute approximate surface area is 81.1 Å². The van der Waals surface area contributed by atoms with E-state index in [-0.39, 0.29) is 0 Å². The number of rotatable bonds is 4. The fraction of sp³-hybridized carbons (Fsp3) is 0.444. The van der Waals surface area contributed by atoms with E-state index in [4.69, 9.17) is 4.74 Å². The second-order valence-corrected chi connectivity index (χ2v) is 3.06. The average Bonchev–Trinajstić information content (AvgIpc) is 2.15. The third kappa shape index (κ3) is 2.91. The number of methoxy groups -OCH3 is 1. The van der Waals surface area contributed by atoms with Crippen LogP contribution in [0.2, 0.25) is 0 Å². The van der Waals surface area contributed by atoms with Crippen molar-refractivity contribution in [2.75, 3.05) is 13.7 Å². The maximum Gasteiger partial charge on any atom is 0.0517 e. The second kappa shape index (κ2) is 5.27. The van der Waals surface area contributed by atoms with E-state index in [0.717, 1.165) is 29.7 Å². The van der Waals surface area contributed by atoms with Crippen molar-refractivity contribution in [2.45, 2.75) is 11.8 Å². The van der Waals surface area contributed by atoms with Gasteiger partial charge in [-0.2, -0.15) is 0 Å². The van der Waals surface area contributed by atoms with Gasteiger partial charge in [0.15, 0.2) is 0 Å². The zero-order valence-corrected chi connectivity index (χ0v) is 8.67. The van der Waals surface area contributed by atoms with E-state index in [9.17, 15) is 0 Å². The van der Waals surface area contributed by atoms with Gasteiger partial charge in [0.25, 0.3) is 0 Å². The third-order valence-electron chi connectivity index (χ3n) is 1.56. The molecule has 1 aromatic heterocycles. The van der Waals surface area contributed by atoms with Crippen LogP contribution in [-0.2, 0) is 16.5 Å². The second-order valence-electron chi connectivity index (χ2n) is 2.50. The van der Waals surface area contributed by atoms with Crippen LogP contribution in [0.1, 0.15) is 11.4 Å². The van der Waals surface area contributed by atoms with Gasteiger partial charge in [-0.3, -0.25) is 4.98 Å². The summed E-state index contributed by atoms with van der Waals surface area (Å²) in [4.78, 5) is 4.40. The van der Waals surface area contributed by atoms with Gasteiger partial charge in [-0.15, -0.1) is 0 Å². The van der Waals surface area contributed by atoms with Crippen molar-refractivity contribution in [3.05, 3.63) is 29.6 Å². The molecular weight excluding hydrogens is 218 g/mol. The Morgan fingerprint density at radius 1 is 1.42 bits per heavy atom. The van der Waals surface area contributed by atoms with E-state index in [0.29, 0.717) is 0 Å². The monoisotopic (exact) mass is 229 g/mol. The lowest BCUT2D eigenvalue weighted by Crippen LogP contribution is -1.98. The van der Waals surface area contributed by atoms with Gasteiger partial charge in [0.2, 0.25) is 0 Å². The number of alkyl halides is 1. The Kier molecular flexibility index (Phi) is 4.25. The fourth-order valence-corrected chi connectivity index (χ4v) is 1.26. The van der Waals surface area contributed by atoms with Crippen molar-refractivity contribution in [2.24, 2.45) is 0 Å². The minimum atomic E-state index is 0.735. The first-order valence-corrected chi connectivity index (χ1v) is 4.98. The van der Waals surface area contributed by atoms with Gasteiger partial charge < -0.3 is 4.74 Å². The summed E-state index contributed by atoms with van der Waals surface area (Å²) in [6.07, 6.45) is 0.886. The highest BCUT2D eigenvalue weighted by atomic mass is 79.9. The fourth-order valence-electron chi connectivity index (χ4n) is 0.950. The summed E-state index contributed by atoms with van der Waals surface area (Å²) < 4.78 is 4.97. The number of pyridine rings is 1. The van der Waals surface area contributed by atoms with Crippen LogP contribution in [0.5, 0.6) is 0 Å². The molecule has 66 valence electrons. The molecule has 1 heterocycles. The summed E-state index contributed by atoms with van der Waals surface area (Å²) in [7, 11) is 1.70. The molecule has 0 radical (unpaired) electrons. The largest absolute Gasteiger partial charge is 0.384 e. The molecule has 0 aliphatic carbocycles. The maximum absolute atomic E-state index is 4.97. The smallest absolute Gasteiger partial charge is 0.0517 e. The molecule has 0 atom stereocenters. The van der Waals surface area contributed by atoms with Crippen LogP contribution in [-0.4, -0.2) is 18.7 Å². The number of halogens is 1. The Morgan fingerprint density at radius 2 is 2.17 bits per heavy atom. The topological polar surface area (TPSA) is 22.1 Å². The molecule has 0 spiro atoms. The first kappa shape index (κ1) is 9.68. The van der Waals surface area contributed by atoms with Gasteiger partial charge >= 0.3 is 0 Å². The SMILES string of the molecule is COCCc1cccc(CBr)n1. The molecule has 0 fully saturated rings. The molecule has 0 unspecified atom stereocenters. The molecule has 0 bridgehead atoms. The van der Waals surface area contributed by atoms with Crippen molar-refractivity contribution in [1.82, 2.24) is 4.98 Å². The number of nitrogens with zero attached hydrogens (tertiary/aromatic N) is 1. The highest BCUT2D eigenvalue weighted by molar-refractivity contribution is 9.08. The Morgan fingerprint density at radius 3 is 2.83 bits per heavy atom. The summed E-state index contributed by atoms with van der Waals surface area (Å²) >= 11 is 3.37. The van der Waals surface area contributed by atoms with Gasteiger partial charge in [0.1, 0.15) is 0 Å². The third-order valence-corrected chi connectivity index (χ3v) is 2.14. The van der Waals surface area contributed by atoms with Gasteiger partial charge in [0.05, 0.1) is 12.3 Å². The zero-order valence-electron chi connectivity index (χ0n) is 7.09. The molecule has 2 nitrogen and oxygen atoms in total. The Bertz CT molecular complexity index is 240. The van der Waals surface area contributed by atoms with Crippen molar-refractivity contribution in [1.29, 1.82) is 0 Å². The van der Waals surface area contributed by atoms with E-state index in [1.807, 2.05) is 18.2 Å². The van der Waals surface area contributed by atoms with Crippen LogP contribution in [0.25, 0.3) is 0 Å². The first-order valence-electron chi connectivity index (χ1n) is 3.86. The van der Waals surface area contributed by atoms with Crippen LogP contribution in [0.3, 0.4) is 0 Å². The highest BCUT2D eigenvalue weighted by Crippen LogP contribution is 2.04. The number of hydrogen-bond donors (Lipinski definition) is 0. The average molecular weight is 230 g/mol. The van der Waals surface area contributed by atoms with E-state index in [1.165, 1.54) is 0 Å². The number of hydrogen-bond acceptors (Lipinski definition) is 2. The van der Waals surface area contributed by atoms with Crippen molar-refractivity contribution in [3.63, 3.8) is 0 Å². The summed E-state index contributed by atoms with van der Waals surface area (Å²) in [5.74, 6) is 0. The van der Waals surface area contributed by atoms with Crippen molar-refractivity contribution >= 4 is 15.9 Å². The normalized spacial score (nSPS) is 10.2. The number of aromatic nitrogens is 1. The van der Waals surface area contributed by atoms with Crippen LogP contribution in [0.15, 0.2) is 18.2 Å². The lowest BCUT2D eigenvalue weighted by atomic mass is 10.2. The van der Waals surface area contributed by atoms with Gasteiger partial charge in [-0.1, -0.05) is 22.0 Å². The van der Waals surface area contributed by atoms with Gasteiger partial charge in [-0.25, -0.2) is 0 Å². The molecule has 0 amide bonds. The van der Waals surface area contributed by atoms with Crippen molar-refractivity contribution < 1.29 is 4.74 Å². The van der Waals surface area contributed by atoms with E-state index in [2.05, 4.69) is 20.9 Å². The van der Waals surface area contributed by atoms with Gasteiger partial charge in [-0.05, 0) is 12.1 Å². The standard InChI is InChI=1S/C9H12BrNO/c1-12-6-5-8-3-2-4-9(7-10)11-8/h2-4H,5-7H2,1H3. The Hall–Kier alpha value is -0.410.